The zero-order chi connectivity index (χ0) is 18.2. The van der Waals surface area contributed by atoms with Crippen LogP contribution in [0.3, 0.4) is 0 Å². The van der Waals surface area contributed by atoms with Gasteiger partial charge in [-0.3, -0.25) is 4.98 Å². The molecule has 2 rings (SSSR count). The molecule has 2 aromatic rings. The monoisotopic (exact) mass is 359 g/mol. The van der Waals surface area contributed by atoms with Crippen molar-refractivity contribution in [1.29, 1.82) is 0 Å². The van der Waals surface area contributed by atoms with E-state index in [-0.39, 0.29) is 6.04 Å². The van der Waals surface area contributed by atoms with Gasteiger partial charge in [0.1, 0.15) is 5.75 Å². The molecule has 0 aliphatic heterocycles. The predicted octanol–water partition coefficient (Wildman–Crippen LogP) is 1.99. The molecule has 1 atom stereocenters. The van der Waals surface area contributed by atoms with Gasteiger partial charge in [-0.25, -0.2) is 0 Å². The molecule has 0 aliphatic carbocycles. The van der Waals surface area contributed by atoms with Crippen molar-refractivity contribution in [3.05, 3.63) is 54.4 Å². The van der Waals surface area contributed by atoms with Gasteiger partial charge in [-0.15, -0.1) is 0 Å². The second kappa shape index (κ2) is 9.34. The minimum absolute atomic E-state index is 0.0890. The Morgan fingerprint density at radius 1 is 1.28 bits per heavy atom. The summed E-state index contributed by atoms with van der Waals surface area (Å²) in [6.45, 7) is 3.96. The van der Waals surface area contributed by atoms with Crippen molar-refractivity contribution in [3.8, 4) is 5.75 Å². The van der Waals surface area contributed by atoms with Crippen LogP contribution in [0.5, 0.6) is 5.75 Å². The molecule has 0 bridgehead atoms. The van der Waals surface area contributed by atoms with Gasteiger partial charge in [-0.05, 0) is 43.4 Å². The van der Waals surface area contributed by atoms with Crippen molar-refractivity contribution in [2.75, 3.05) is 39.6 Å². The second-order valence-electron chi connectivity index (χ2n) is 6.24. The summed E-state index contributed by atoms with van der Waals surface area (Å²) >= 11 is 5.70. The lowest BCUT2D eigenvalue weighted by atomic mass is 10.2. The van der Waals surface area contributed by atoms with Crippen LogP contribution < -0.4 is 15.0 Å². The van der Waals surface area contributed by atoms with E-state index in [1.54, 1.807) is 7.11 Å². The van der Waals surface area contributed by atoms with E-state index in [9.17, 15) is 0 Å². The maximum Gasteiger partial charge on any atom is 0.174 e. The number of likely N-dealkylation sites (N-methyl/N-ethyl adjacent to an activating group) is 1. The van der Waals surface area contributed by atoms with Crippen LogP contribution in [0.2, 0.25) is 0 Å². The lowest BCUT2D eigenvalue weighted by Gasteiger charge is -2.31. The molecule has 25 heavy (non-hydrogen) atoms. The van der Waals surface area contributed by atoms with Crippen molar-refractivity contribution < 1.29 is 9.64 Å². The van der Waals surface area contributed by atoms with E-state index in [2.05, 4.69) is 36.2 Å². The van der Waals surface area contributed by atoms with E-state index in [0.717, 1.165) is 30.2 Å². The van der Waals surface area contributed by atoms with Crippen LogP contribution >= 0.6 is 12.2 Å². The first-order valence-electron chi connectivity index (χ1n) is 8.43. The van der Waals surface area contributed by atoms with Crippen LogP contribution in [-0.4, -0.2) is 49.3 Å². The van der Waals surface area contributed by atoms with Crippen LogP contribution in [0.15, 0.2) is 48.7 Å². The highest BCUT2D eigenvalue weighted by molar-refractivity contribution is 7.80. The number of benzene rings is 1. The highest BCUT2D eigenvalue weighted by Gasteiger charge is 2.20. The molecule has 2 N–H and O–H groups in total. The van der Waals surface area contributed by atoms with Gasteiger partial charge in [-0.1, -0.05) is 12.1 Å². The zero-order valence-corrected chi connectivity index (χ0v) is 16.1. The molecule has 0 saturated heterocycles. The first kappa shape index (κ1) is 19.1. The molecule has 0 radical (unpaired) electrons. The Hall–Kier alpha value is -2.18. The molecule has 0 saturated carbocycles. The number of methoxy groups -OCH3 is 1. The molecule has 0 fully saturated rings. The minimum atomic E-state index is 0.0890. The average Bonchev–Trinajstić information content (AvgIpc) is 2.62. The number of anilines is 1. The number of rotatable bonds is 7. The molecule has 0 amide bonds. The Morgan fingerprint density at radius 3 is 2.72 bits per heavy atom. The summed E-state index contributed by atoms with van der Waals surface area (Å²) in [7, 11) is 5.94. The van der Waals surface area contributed by atoms with Crippen LogP contribution in [0, 0.1) is 0 Å². The number of thiocarbonyl (C=S) groups is 1. The van der Waals surface area contributed by atoms with Gasteiger partial charge < -0.3 is 19.9 Å². The SMILES string of the molecule is COc1cccc(NC(=S)N(CC[NH+](C)C)C(C)c2ccccn2)c1. The summed E-state index contributed by atoms with van der Waals surface area (Å²) in [6.07, 6.45) is 1.82. The van der Waals surface area contributed by atoms with Crippen LogP contribution in [0.4, 0.5) is 5.69 Å². The lowest BCUT2D eigenvalue weighted by Crippen LogP contribution is -3.06. The third kappa shape index (κ3) is 5.69. The second-order valence-corrected chi connectivity index (χ2v) is 6.63. The molecule has 1 heterocycles. The summed E-state index contributed by atoms with van der Waals surface area (Å²) < 4.78 is 5.28. The van der Waals surface area contributed by atoms with Gasteiger partial charge in [0, 0.05) is 18.0 Å². The number of hydrogen-bond acceptors (Lipinski definition) is 3. The number of ether oxygens (including phenoxy) is 1. The Balaban J connectivity index is 2.17. The van der Waals surface area contributed by atoms with Crippen LogP contribution in [0.25, 0.3) is 0 Å². The fraction of sp³-hybridized carbons (Fsp3) is 0.368. The molecule has 0 aliphatic rings. The first-order chi connectivity index (χ1) is 12.0. The lowest BCUT2D eigenvalue weighted by molar-refractivity contribution is -0.857. The average molecular weight is 360 g/mol. The zero-order valence-electron chi connectivity index (χ0n) is 15.3. The minimum Gasteiger partial charge on any atom is -0.497 e. The van der Waals surface area contributed by atoms with E-state index in [4.69, 9.17) is 17.0 Å². The molecule has 1 aromatic heterocycles. The van der Waals surface area contributed by atoms with E-state index < -0.39 is 0 Å². The summed E-state index contributed by atoms with van der Waals surface area (Å²) in [6, 6.07) is 13.8. The Labute approximate surface area is 155 Å². The molecule has 6 heteroatoms. The molecular weight excluding hydrogens is 332 g/mol. The number of aromatic nitrogens is 1. The molecule has 134 valence electrons. The Bertz CT molecular complexity index is 678. The number of nitrogens with zero attached hydrogens (tertiary/aromatic N) is 2. The van der Waals surface area contributed by atoms with Gasteiger partial charge in [0.2, 0.25) is 0 Å². The predicted molar refractivity (Wildman–Crippen MR) is 106 cm³/mol. The third-order valence-electron chi connectivity index (χ3n) is 4.02. The largest absolute Gasteiger partial charge is 0.497 e. The van der Waals surface area contributed by atoms with Gasteiger partial charge in [0.15, 0.2) is 5.11 Å². The molecule has 5 nitrogen and oxygen atoms in total. The normalized spacial score (nSPS) is 11.9. The first-order valence-corrected chi connectivity index (χ1v) is 8.83. The highest BCUT2D eigenvalue weighted by Crippen LogP contribution is 2.21. The summed E-state index contributed by atoms with van der Waals surface area (Å²) in [5.41, 5.74) is 1.92. The highest BCUT2D eigenvalue weighted by atomic mass is 32.1. The van der Waals surface area contributed by atoms with Gasteiger partial charge >= 0.3 is 0 Å². The van der Waals surface area contributed by atoms with Crippen molar-refractivity contribution in [1.82, 2.24) is 9.88 Å². The standard InChI is InChI=1S/C19H26N4OS/c1-15(18-10-5-6-11-20-18)23(13-12-22(2)3)19(25)21-16-8-7-9-17(14-16)24-4/h5-11,14-15H,12-13H2,1-4H3,(H,21,25)/p+1. The Kier molecular flexibility index (Phi) is 7.16. The summed E-state index contributed by atoms with van der Waals surface area (Å²) in [5, 5.41) is 4.02. The van der Waals surface area contributed by atoms with E-state index >= 15 is 0 Å². The van der Waals surface area contributed by atoms with Gasteiger partial charge in [0.25, 0.3) is 0 Å². The third-order valence-corrected chi connectivity index (χ3v) is 4.35. The molecule has 1 unspecified atom stereocenters. The maximum atomic E-state index is 5.70. The van der Waals surface area contributed by atoms with E-state index in [1.165, 1.54) is 4.90 Å². The van der Waals surface area contributed by atoms with E-state index in [0.29, 0.717) is 5.11 Å². The summed E-state index contributed by atoms with van der Waals surface area (Å²) in [4.78, 5) is 8.05. The summed E-state index contributed by atoms with van der Waals surface area (Å²) in [5.74, 6) is 0.801. The quantitative estimate of drug-likeness (QED) is 0.740. The van der Waals surface area contributed by atoms with Crippen molar-refractivity contribution in [3.63, 3.8) is 0 Å². The maximum absolute atomic E-state index is 5.70. The van der Waals surface area contributed by atoms with Crippen molar-refractivity contribution >= 4 is 23.0 Å². The number of hydrogen-bond donors (Lipinski definition) is 2. The topological polar surface area (TPSA) is 41.8 Å². The van der Waals surface area contributed by atoms with Crippen molar-refractivity contribution in [2.24, 2.45) is 0 Å². The fourth-order valence-corrected chi connectivity index (χ4v) is 2.86. The van der Waals surface area contributed by atoms with Crippen LogP contribution in [0.1, 0.15) is 18.7 Å². The van der Waals surface area contributed by atoms with Crippen molar-refractivity contribution in [2.45, 2.75) is 13.0 Å². The number of pyridine rings is 1. The van der Waals surface area contributed by atoms with Crippen LogP contribution in [-0.2, 0) is 0 Å². The molecule has 1 aromatic carbocycles. The Morgan fingerprint density at radius 2 is 2.08 bits per heavy atom. The van der Waals surface area contributed by atoms with Gasteiger partial charge in [-0.2, -0.15) is 0 Å². The number of nitrogens with one attached hydrogen (secondary N) is 2. The smallest absolute Gasteiger partial charge is 0.174 e. The number of quaternary nitrogens is 1. The fourth-order valence-electron chi connectivity index (χ4n) is 2.49. The molecule has 0 spiro atoms. The van der Waals surface area contributed by atoms with Gasteiger partial charge in [0.05, 0.1) is 46.0 Å². The van der Waals surface area contributed by atoms with E-state index in [1.807, 2.05) is 48.7 Å². The molecular formula is C19H27N4OS+.